The molecule has 1 amide bonds. The lowest BCUT2D eigenvalue weighted by atomic mass is 10.1. The summed E-state index contributed by atoms with van der Waals surface area (Å²) in [6, 6.07) is 5.68. The van der Waals surface area contributed by atoms with E-state index in [-0.39, 0.29) is 12.0 Å². The van der Waals surface area contributed by atoms with Crippen LogP contribution in [0, 0.1) is 6.92 Å². The van der Waals surface area contributed by atoms with Gasteiger partial charge in [-0.25, -0.2) is 0 Å². The minimum atomic E-state index is -0.212. The molecule has 1 atom stereocenters. The van der Waals surface area contributed by atoms with Gasteiger partial charge in [0, 0.05) is 44.4 Å². The number of nitrogens with zero attached hydrogens (tertiary/aromatic N) is 2. The average molecular weight is 367 g/mol. The summed E-state index contributed by atoms with van der Waals surface area (Å²) >= 11 is 5.96. The maximum atomic E-state index is 12.5. The number of ether oxygens (including phenoxy) is 2. The summed E-state index contributed by atoms with van der Waals surface area (Å²) in [5.74, 6) is 1.06. The highest BCUT2D eigenvalue weighted by Crippen LogP contribution is 2.22. The van der Waals surface area contributed by atoms with Gasteiger partial charge < -0.3 is 14.4 Å². The number of piperazine rings is 1. The zero-order valence-electron chi connectivity index (χ0n) is 14.9. The van der Waals surface area contributed by atoms with Gasteiger partial charge >= 0.3 is 0 Å². The molecule has 1 unspecified atom stereocenters. The molecule has 5 nitrogen and oxygen atoms in total. The fourth-order valence-electron chi connectivity index (χ4n) is 3.39. The molecule has 0 aliphatic carbocycles. The van der Waals surface area contributed by atoms with Gasteiger partial charge in [0.15, 0.2) is 0 Å². The van der Waals surface area contributed by atoms with Crippen molar-refractivity contribution in [2.75, 3.05) is 45.9 Å². The standard InChI is InChI=1S/C19H27ClN2O3/c1-15-14-16(20)5-6-17(15)25-13-11-21-7-9-22(10-8-21)19(23)18-4-2-3-12-24-18/h5-6,14,18H,2-4,7-13H2,1H3. The average Bonchev–Trinajstić information content (AvgIpc) is 2.64. The first-order valence-corrected chi connectivity index (χ1v) is 9.53. The molecule has 6 heteroatoms. The Morgan fingerprint density at radius 2 is 2.08 bits per heavy atom. The number of hydrogen-bond acceptors (Lipinski definition) is 4. The molecule has 0 radical (unpaired) electrons. The maximum absolute atomic E-state index is 12.5. The Bertz CT molecular complexity index is 582. The van der Waals surface area contributed by atoms with Crippen molar-refractivity contribution >= 4 is 17.5 Å². The van der Waals surface area contributed by atoms with E-state index in [2.05, 4.69) is 4.90 Å². The minimum absolute atomic E-state index is 0.174. The molecule has 0 saturated carbocycles. The topological polar surface area (TPSA) is 42.0 Å². The monoisotopic (exact) mass is 366 g/mol. The number of rotatable bonds is 5. The Morgan fingerprint density at radius 3 is 2.76 bits per heavy atom. The molecular weight excluding hydrogens is 340 g/mol. The second kappa shape index (κ2) is 8.88. The molecule has 138 valence electrons. The van der Waals surface area contributed by atoms with E-state index in [1.807, 2.05) is 30.0 Å². The van der Waals surface area contributed by atoms with Crippen molar-refractivity contribution in [2.45, 2.75) is 32.3 Å². The molecule has 25 heavy (non-hydrogen) atoms. The highest BCUT2D eigenvalue weighted by atomic mass is 35.5. The van der Waals surface area contributed by atoms with Crippen LogP contribution in [0.3, 0.4) is 0 Å². The Morgan fingerprint density at radius 1 is 1.28 bits per heavy atom. The number of carbonyl (C=O) groups excluding carboxylic acids is 1. The van der Waals surface area contributed by atoms with Crippen molar-refractivity contribution in [3.05, 3.63) is 28.8 Å². The third kappa shape index (κ3) is 5.09. The molecular formula is C19H27ClN2O3. The zero-order chi connectivity index (χ0) is 17.6. The van der Waals surface area contributed by atoms with E-state index in [0.717, 1.165) is 74.9 Å². The molecule has 2 aliphatic heterocycles. The van der Waals surface area contributed by atoms with Gasteiger partial charge in [0.05, 0.1) is 0 Å². The van der Waals surface area contributed by atoms with Gasteiger partial charge in [-0.3, -0.25) is 9.69 Å². The van der Waals surface area contributed by atoms with Crippen LogP contribution in [0.25, 0.3) is 0 Å². The lowest BCUT2D eigenvalue weighted by Gasteiger charge is -2.36. The molecule has 2 saturated heterocycles. The summed E-state index contributed by atoms with van der Waals surface area (Å²) in [5, 5.41) is 0.729. The van der Waals surface area contributed by atoms with Crippen LogP contribution >= 0.6 is 11.6 Å². The quantitative estimate of drug-likeness (QED) is 0.803. The van der Waals surface area contributed by atoms with Crippen LogP contribution in [0.2, 0.25) is 5.02 Å². The van der Waals surface area contributed by atoms with Crippen LogP contribution in [0.1, 0.15) is 24.8 Å². The van der Waals surface area contributed by atoms with E-state index >= 15 is 0 Å². The molecule has 2 fully saturated rings. The summed E-state index contributed by atoms with van der Waals surface area (Å²) in [7, 11) is 0. The zero-order valence-corrected chi connectivity index (χ0v) is 15.6. The van der Waals surface area contributed by atoms with Gasteiger partial charge in [-0.2, -0.15) is 0 Å². The van der Waals surface area contributed by atoms with E-state index in [4.69, 9.17) is 21.1 Å². The third-order valence-corrected chi connectivity index (χ3v) is 5.18. The van der Waals surface area contributed by atoms with Gasteiger partial charge in [-0.05, 0) is 49.9 Å². The molecule has 0 aromatic heterocycles. The SMILES string of the molecule is Cc1cc(Cl)ccc1OCCN1CCN(C(=O)C2CCCCO2)CC1. The van der Waals surface area contributed by atoms with E-state index in [0.29, 0.717) is 6.61 Å². The van der Waals surface area contributed by atoms with Crippen LogP contribution in [-0.4, -0.2) is 67.7 Å². The van der Waals surface area contributed by atoms with Crippen molar-refractivity contribution in [1.29, 1.82) is 0 Å². The van der Waals surface area contributed by atoms with E-state index in [1.54, 1.807) is 0 Å². The summed E-state index contributed by atoms with van der Waals surface area (Å²) in [6.07, 6.45) is 2.83. The van der Waals surface area contributed by atoms with Crippen molar-refractivity contribution < 1.29 is 14.3 Å². The second-order valence-electron chi connectivity index (χ2n) is 6.78. The number of amides is 1. The van der Waals surface area contributed by atoms with Crippen molar-refractivity contribution in [1.82, 2.24) is 9.80 Å². The van der Waals surface area contributed by atoms with Gasteiger partial charge in [-0.1, -0.05) is 11.6 Å². The molecule has 0 bridgehead atoms. The highest BCUT2D eigenvalue weighted by molar-refractivity contribution is 6.30. The largest absolute Gasteiger partial charge is 0.492 e. The molecule has 2 aliphatic rings. The Balaban J connectivity index is 1.38. The van der Waals surface area contributed by atoms with Crippen LogP contribution in [0.15, 0.2) is 18.2 Å². The lowest BCUT2D eigenvalue weighted by Crippen LogP contribution is -2.52. The highest BCUT2D eigenvalue weighted by Gasteiger charge is 2.29. The Labute approximate surface area is 154 Å². The lowest BCUT2D eigenvalue weighted by molar-refractivity contribution is -0.148. The normalized spacial score (nSPS) is 22.0. The Kier molecular flexibility index (Phi) is 6.57. The fraction of sp³-hybridized carbons (Fsp3) is 0.632. The molecule has 3 rings (SSSR count). The molecule has 2 heterocycles. The van der Waals surface area contributed by atoms with E-state index < -0.39 is 0 Å². The summed E-state index contributed by atoms with van der Waals surface area (Å²) in [6.45, 7) is 7.56. The second-order valence-corrected chi connectivity index (χ2v) is 7.22. The predicted octanol–water partition coefficient (Wildman–Crippen LogP) is 2.74. The fourth-order valence-corrected chi connectivity index (χ4v) is 3.62. The van der Waals surface area contributed by atoms with E-state index in [1.165, 1.54) is 0 Å². The van der Waals surface area contributed by atoms with Gasteiger partial charge in [0.2, 0.25) is 0 Å². The van der Waals surface area contributed by atoms with E-state index in [9.17, 15) is 4.79 Å². The van der Waals surface area contributed by atoms with Crippen molar-refractivity contribution in [3.8, 4) is 5.75 Å². The molecule has 0 spiro atoms. The number of aryl methyl sites for hydroxylation is 1. The Hall–Kier alpha value is -1.30. The first-order chi connectivity index (χ1) is 12.1. The van der Waals surface area contributed by atoms with Crippen molar-refractivity contribution in [2.24, 2.45) is 0 Å². The predicted molar refractivity (Wildman–Crippen MR) is 98.3 cm³/mol. The van der Waals surface area contributed by atoms with Crippen LogP contribution < -0.4 is 4.74 Å². The molecule has 0 N–H and O–H groups in total. The van der Waals surface area contributed by atoms with Gasteiger partial charge in [0.1, 0.15) is 18.5 Å². The van der Waals surface area contributed by atoms with Crippen LogP contribution in [-0.2, 0) is 9.53 Å². The first-order valence-electron chi connectivity index (χ1n) is 9.15. The van der Waals surface area contributed by atoms with Gasteiger partial charge in [0.25, 0.3) is 5.91 Å². The number of carbonyl (C=O) groups is 1. The number of hydrogen-bond donors (Lipinski definition) is 0. The molecule has 1 aromatic carbocycles. The molecule has 1 aromatic rings. The minimum Gasteiger partial charge on any atom is -0.492 e. The smallest absolute Gasteiger partial charge is 0.251 e. The van der Waals surface area contributed by atoms with Gasteiger partial charge in [-0.15, -0.1) is 0 Å². The van der Waals surface area contributed by atoms with Crippen LogP contribution in [0.4, 0.5) is 0 Å². The summed E-state index contributed by atoms with van der Waals surface area (Å²) in [5.41, 5.74) is 1.05. The van der Waals surface area contributed by atoms with Crippen molar-refractivity contribution in [3.63, 3.8) is 0 Å². The summed E-state index contributed by atoms with van der Waals surface area (Å²) < 4.78 is 11.5. The third-order valence-electron chi connectivity index (χ3n) is 4.94. The van der Waals surface area contributed by atoms with Crippen LogP contribution in [0.5, 0.6) is 5.75 Å². The number of halogens is 1. The summed E-state index contributed by atoms with van der Waals surface area (Å²) in [4.78, 5) is 16.8. The number of benzene rings is 1. The maximum Gasteiger partial charge on any atom is 0.251 e. The first kappa shape index (κ1) is 18.5.